The zero-order chi connectivity index (χ0) is 23.7. The summed E-state index contributed by atoms with van der Waals surface area (Å²) < 4.78 is 14.7. The van der Waals surface area contributed by atoms with Gasteiger partial charge in [0.25, 0.3) is 5.91 Å². The van der Waals surface area contributed by atoms with Crippen LogP contribution in [0.2, 0.25) is 0 Å². The van der Waals surface area contributed by atoms with Gasteiger partial charge in [-0.2, -0.15) is 0 Å². The molecule has 0 spiro atoms. The van der Waals surface area contributed by atoms with Gasteiger partial charge >= 0.3 is 0 Å². The third-order valence-corrected chi connectivity index (χ3v) is 7.36. The minimum Gasteiger partial charge on any atom is -0.352 e. The topological polar surface area (TPSA) is 62.3 Å². The molecule has 2 heterocycles. The van der Waals surface area contributed by atoms with Gasteiger partial charge in [-0.25, -0.2) is 9.37 Å². The van der Waals surface area contributed by atoms with Crippen molar-refractivity contribution in [3.8, 4) is 0 Å². The summed E-state index contributed by atoms with van der Waals surface area (Å²) in [7, 11) is 0. The fraction of sp³-hybridized carbons (Fsp3) is 0.296. The number of amides is 2. The zero-order valence-electron chi connectivity index (χ0n) is 19.0. The molecule has 7 heteroatoms. The first-order chi connectivity index (χ1) is 16.5. The highest BCUT2D eigenvalue weighted by Crippen LogP contribution is 2.30. The van der Waals surface area contributed by atoms with Crippen LogP contribution in [0.25, 0.3) is 21.1 Å². The van der Waals surface area contributed by atoms with Crippen LogP contribution >= 0.6 is 11.3 Å². The number of benzene rings is 2. The van der Waals surface area contributed by atoms with E-state index in [-0.39, 0.29) is 24.2 Å². The molecule has 2 amide bonds. The van der Waals surface area contributed by atoms with Crippen LogP contribution in [0.4, 0.5) is 10.1 Å². The summed E-state index contributed by atoms with van der Waals surface area (Å²) in [5.41, 5.74) is 2.07. The van der Waals surface area contributed by atoms with Gasteiger partial charge in [-0.3, -0.25) is 14.5 Å². The number of para-hydroxylation sites is 1. The van der Waals surface area contributed by atoms with Gasteiger partial charge < -0.3 is 5.32 Å². The number of aromatic nitrogens is 1. The third-order valence-electron chi connectivity index (χ3n) is 6.33. The van der Waals surface area contributed by atoms with Crippen LogP contribution in [0.5, 0.6) is 0 Å². The van der Waals surface area contributed by atoms with Gasteiger partial charge in [0.15, 0.2) is 0 Å². The largest absolute Gasteiger partial charge is 0.352 e. The van der Waals surface area contributed by atoms with Crippen LogP contribution in [0, 0.1) is 12.7 Å². The van der Waals surface area contributed by atoms with Crippen molar-refractivity contribution in [3.05, 3.63) is 70.9 Å². The Morgan fingerprint density at radius 2 is 1.85 bits per heavy atom. The summed E-state index contributed by atoms with van der Waals surface area (Å²) in [5.74, 6) is -1.22. The molecule has 1 aliphatic carbocycles. The van der Waals surface area contributed by atoms with E-state index in [2.05, 4.69) is 5.32 Å². The summed E-state index contributed by atoms with van der Waals surface area (Å²) in [6, 6.07) is 16.0. The Bertz CT molecular complexity index is 1380. The van der Waals surface area contributed by atoms with E-state index in [0.29, 0.717) is 4.88 Å². The van der Waals surface area contributed by atoms with Crippen LogP contribution in [0.1, 0.15) is 47.3 Å². The number of hydrogen-bond acceptors (Lipinski definition) is 4. The van der Waals surface area contributed by atoms with E-state index in [1.807, 2.05) is 31.2 Å². The first-order valence-corrected chi connectivity index (χ1v) is 12.5. The van der Waals surface area contributed by atoms with E-state index < -0.39 is 11.7 Å². The molecule has 0 atom stereocenters. The van der Waals surface area contributed by atoms with Gasteiger partial charge in [-0.1, -0.05) is 43.5 Å². The molecule has 34 heavy (non-hydrogen) atoms. The number of halogens is 1. The Morgan fingerprint density at radius 3 is 2.65 bits per heavy atom. The van der Waals surface area contributed by atoms with Crippen LogP contribution in [-0.4, -0.2) is 29.4 Å². The van der Waals surface area contributed by atoms with Crippen LogP contribution in [0.15, 0.2) is 54.6 Å². The summed E-state index contributed by atoms with van der Waals surface area (Å²) in [6.07, 6.45) is 5.23. The average molecular weight is 476 g/mol. The number of aryl methyl sites for hydroxylation is 1. The second-order valence-electron chi connectivity index (χ2n) is 8.93. The van der Waals surface area contributed by atoms with E-state index in [9.17, 15) is 14.0 Å². The molecule has 1 N–H and O–H groups in total. The van der Waals surface area contributed by atoms with E-state index in [0.717, 1.165) is 52.4 Å². The Kier molecular flexibility index (Phi) is 6.28. The molecule has 2 aromatic carbocycles. The smallest absolute Gasteiger partial charge is 0.269 e. The monoisotopic (exact) mass is 475 g/mol. The van der Waals surface area contributed by atoms with Gasteiger partial charge in [0.2, 0.25) is 5.91 Å². The van der Waals surface area contributed by atoms with Crippen molar-refractivity contribution < 1.29 is 14.0 Å². The molecule has 1 fully saturated rings. The van der Waals surface area contributed by atoms with Crippen molar-refractivity contribution in [2.45, 2.75) is 45.1 Å². The van der Waals surface area contributed by atoms with Crippen LogP contribution in [-0.2, 0) is 4.79 Å². The van der Waals surface area contributed by atoms with Gasteiger partial charge in [0.05, 0.1) is 16.1 Å². The number of hydrogen-bond donors (Lipinski definition) is 1. The molecular formula is C27H26FN3O2S. The van der Waals surface area contributed by atoms with Gasteiger partial charge in [-0.05, 0) is 55.7 Å². The number of carbonyl (C=O) groups is 2. The number of carbonyl (C=O) groups excluding carboxylic acids is 2. The normalized spacial score (nSPS) is 14.4. The lowest BCUT2D eigenvalue weighted by atomic mass is 9.95. The minimum atomic E-state index is -0.540. The Morgan fingerprint density at radius 1 is 1.06 bits per heavy atom. The first-order valence-electron chi connectivity index (χ1n) is 11.6. The SMILES string of the molecule is Cc1ccc2cc3cc(C(=O)N(CC(=O)NC4CCCCC4)c4ccccc4F)sc3nc2c1. The van der Waals surface area contributed by atoms with Crippen molar-refractivity contribution in [3.63, 3.8) is 0 Å². The number of pyridine rings is 1. The second kappa shape index (κ2) is 9.50. The summed E-state index contributed by atoms with van der Waals surface area (Å²) in [6.45, 7) is 1.78. The zero-order valence-corrected chi connectivity index (χ0v) is 19.8. The summed E-state index contributed by atoms with van der Waals surface area (Å²) in [5, 5.41) is 4.88. The molecule has 174 valence electrons. The predicted molar refractivity (Wildman–Crippen MR) is 135 cm³/mol. The van der Waals surface area contributed by atoms with Crippen molar-refractivity contribution >= 4 is 50.0 Å². The highest BCUT2D eigenvalue weighted by atomic mass is 32.1. The maximum absolute atomic E-state index is 14.7. The molecule has 0 aliphatic heterocycles. The molecular weight excluding hydrogens is 449 g/mol. The van der Waals surface area contributed by atoms with E-state index in [4.69, 9.17) is 4.98 Å². The van der Waals surface area contributed by atoms with E-state index >= 15 is 0 Å². The molecule has 0 radical (unpaired) electrons. The Labute approximate surface area is 201 Å². The lowest BCUT2D eigenvalue weighted by molar-refractivity contribution is -0.120. The Hall–Kier alpha value is -3.32. The van der Waals surface area contributed by atoms with Crippen molar-refractivity contribution in [2.24, 2.45) is 0 Å². The number of thiophene rings is 1. The van der Waals surface area contributed by atoms with E-state index in [1.54, 1.807) is 18.2 Å². The first kappa shape index (κ1) is 22.5. The number of nitrogens with one attached hydrogen (secondary N) is 1. The lowest BCUT2D eigenvalue weighted by Gasteiger charge is -2.26. The number of fused-ring (bicyclic) bond motifs is 2. The minimum absolute atomic E-state index is 0.0949. The van der Waals surface area contributed by atoms with Crippen LogP contribution in [0.3, 0.4) is 0 Å². The number of rotatable bonds is 5. The molecule has 5 rings (SSSR count). The fourth-order valence-corrected chi connectivity index (χ4v) is 5.55. The second-order valence-corrected chi connectivity index (χ2v) is 9.97. The molecule has 5 nitrogen and oxygen atoms in total. The fourth-order valence-electron chi connectivity index (χ4n) is 4.58. The van der Waals surface area contributed by atoms with Gasteiger partial charge in [0.1, 0.15) is 17.2 Å². The van der Waals surface area contributed by atoms with Gasteiger partial charge in [-0.15, -0.1) is 11.3 Å². The van der Waals surface area contributed by atoms with Gasteiger partial charge in [0, 0.05) is 16.8 Å². The maximum Gasteiger partial charge on any atom is 0.269 e. The van der Waals surface area contributed by atoms with Crippen LogP contribution < -0.4 is 10.2 Å². The van der Waals surface area contributed by atoms with Crippen molar-refractivity contribution in [1.29, 1.82) is 0 Å². The molecule has 2 aromatic heterocycles. The predicted octanol–water partition coefficient (Wildman–Crippen LogP) is 5.99. The quantitative estimate of drug-likeness (QED) is 0.385. The highest BCUT2D eigenvalue weighted by Gasteiger charge is 2.26. The number of nitrogens with zero attached hydrogens (tertiary/aromatic N) is 2. The average Bonchev–Trinajstić information content (AvgIpc) is 3.24. The van der Waals surface area contributed by atoms with Crippen molar-refractivity contribution in [2.75, 3.05) is 11.4 Å². The standard InChI is InChI=1S/C27H26FN3O2S/c1-17-11-12-18-14-19-15-24(34-26(19)30-22(18)13-17)27(33)31(23-10-6-5-9-21(23)28)16-25(32)29-20-7-3-2-4-8-20/h5-6,9-15,20H,2-4,7-8,16H2,1H3,(H,29,32). The molecule has 1 aliphatic rings. The van der Waals surface area contributed by atoms with Crippen molar-refractivity contribution in [1.82, 2.24) is 10.3 Å². The molecule has 0 unspecified atom stereocenters. The lowest BCUT2D eigenvalue weighted by Crippen LogP contribution is -2.45. The Balaban J connectivity index is 1.47. The molecule has 1 saturated carbocycles. The molecule has 4 aromatic rings. The molecule has 0 bridgehead atoms. The van der Waals surface area contributed by atoms with E-state index in [1.165, 1.54) is 34.8 Å². The third kappa shape index (κ3) is 4.66. The molecule has 0 saturated heterocycles. The number of anilines is 1. The summed E-state index contributed by atoms with van der Waals surface area (Å²) >= 11 is 1.26. The summed E-state index contributed by atoms with van der Waals surface area (Å²) in [4.78, 5) is 33.6. The highest BCUT2D eigenvalue weighted by molar-refractivity contribution is 7.20. The maximum atomic E-state index is 14.7.